The van der Waals surface area contributed by atoms with Crippen molar-refractivity contribution in [3.63, 3.8) is 0 Å². The molecule has 0 spiro atoms. The number of rotatable bonds is 10. The van der Waals surface area contributed by atoms with Gasteiger partial charge < -0.3 is 14.5 Å². The van der Waals surface area contributed by atoms with Crippen LogP contribution in [0.25, 0.3) is 0 Å². The Kier molecular flexibility index (Phi) is 7.76. The van der Waals surface area contributed by atoms with Crippen LogP contribution in [0.3, 0.4) is 0 Å². The van der Waals surface area contributed by atoms with Crippen LogP contribution in [0.2, 0.25) is 0 Å². The van der Waals surface area contributed by atoms with Gasteiger partial charge in [0.05, 0.1) is 18.9 Å². The SMILES string of the molecule is CCCCCCOCCNC(C)c1ccco1. The van der Waals surface area contributed by atoms with E-state index in [1.54, 1.807) is 6.26 Å². The maximum absolute atomic E-state index is 5.55. The summed E-state index contributed by atoms with van der Waals surface area (Å²) in [6, 6.07) is 4.16. The van der Waals surface area contributed by atoms with Crippen molar-refractivity contribution in [2.75, 3.05) is 19.8 Å². The van der Waals surface area contributed by atoms with Crippen molar-refractivity contribution in [1.82, 2.24) is 5.32 Å². The highest BCUT2D eigenvalue weighted by molar-refractivity contribution is 5.02. The highest BCUT2D eigenvalue weighted by atomic mass is 16.5. The summed E-state index contributed by atoms with van der Waals surface area (Å²) in [5.41, 5.74) is 0. The third-order valence-corrected chi connectivity index (χ3v) is 2.81. The molecule has 1 rings (SSSR count). The summed E-state index contributed by atoms with van der Waals surface area (Å²) in [5, 5.41) is 3.37. The van der Waals surface area contributed by atoms with E-state index in [2.05, 4.69) is 19.2 Å². The molecule has 0 fully saturated rings. The van der Waals surface area contributed by atoms with Crippen LogP contribution in [0, 0.1) is 0 Å². The molecular formula is C14H25NO2. The summed E-state index contributed by atoms with van der Waals surface area (Å²) < 4.78 is 10.9. The Balaban J connectivity index is 1.90. The zero-order chi connectivity index (χ0) is 12.3. The molecule has 1 aromatic rings. The Morgan fingerprint density at radius 1 is 1.29 bits per heavy atom. The van der Waals surface area contributed by atoms with E-state index in [9.17, 15) is 0 Å². The monoisotopic (exact) mass is 239 g/mol. The molecule has 3 heteroatoms. The van der Waals surface area contributed by atoms with Crippen LogP contribution in [0.4, 0.5) is 0 Å². The Hall–Kier alpha value is -0.800. The number of unbranched alkanes of at least 4 members (excludes halogenated alkanes) is 3. The average Bonchev–Trinajstić information content (AvgIpc) is 2.86. The molecule has 0 aliphatic heterocycles. The van der Waals surface area contributed by atoms with Gasteiger partial charge in [-0.1, -0.05) is 26.2 Å². The largest absolute Gasteiger partial charge is 0.468 e. The van der Waals surface area contributed by atoms with Gasteiger partial charge in [-0.2, -0.15) is 0 Å². The van der Waals surface area contributed by atoms with E-state index in [0.717, 1.165) is 25.5 Å². The quantitative estimate of drug-likeness (QED) is 0.634. The van der Waals surface area contributed by atoms with Crippen molar-refractivity contribution in [3.05, 3.63) is 24.2 Å². The van der Waals surface area contributed by atoms with Crippen LogP contribution in [-0.4, -0.2) is 19.8 Å². The van der Waals surface area contributed by atoms with Gasteiger partial charge in [-0.3, -0.25) is 0 Å². The van der Waals surface area contributed by atoms with Gasteiger partial charge in [0.1, 0.15) is 5.76 Å². The highest BCUT2D eigenvalue weighted by Gasteiger charge is 2.05. The smallest absolute Gasteiger partial charge is 0.120 e. The van der Waals surface area contributed by atoms with Gasteiger partial charge in [-0.15, -0.1) is 0 Å². The van der Waals surface area contributed by atoms with E-state index in [1.165, 1.54) is 25.7 Å². The number of ether oxygens (including phenoxy) is 1. The number of furan rings is 1. The van der Waals surface area contributed by atoms with Crippen LogP contribution in [-0.2, 0) is 4.74 Å². The van der Waals surface area contributed by atoms with Crippen LogP contribution < -0.4 is 5.32 Å². The predicted octanol–water partition coefficient (Wildman–Crippen LogP) is 3.53. The number of hydrogen-bond acceptors (Lipinski definition) is 3. The molecule has 0 saturated heterocycles. The summed E-state index contributed by atoms with van der Waals surface area (Å²) in [7, 11) is 0. The summed E-state index contributed by atoms with van der Waals surface area (Å²) >= 11 is 0. The zero-order valence-electron chi connectivity index (χ0n) is 11.1. The van der Waals surface area contributed by atoms with Crippen molar-refractivity contribution in [3.8, 4) is 0 Å². The van der Waals surface area contributed by atoms with Crippen molar-refractivity contribution < 1.29 is 9.15 Å². The van der Waals surface area contributed by atoms with Crippen LogP contribution in [0.5, 0.6) is 0 Å². The Bertz CT molecular complexity index is 259. The lowest BCUT2D eigenvalue weighted by atomic mass is 10.2. The van der Waals surface area contributed by atoms with Gasteiger partial charge >= 0.3 is 0 Å². The molecule has 0 bridgehead atoms. The fraction of sp³-hybridized carbons (Fsp3) is 0.714. The van der Waals surface area contributed by atoms with E-state index in [4.69, 9.17) is 9.15 Å². The van der Waals surface area contributed by atoms with Crippen LogP contribution >= 0.6 is 0 Å². The first-order valence-electron chi connectivity index (χ1n) is 6.69. The molecule has 0 saturated carbocycles. The summed E-state index contributed by atoms with van der Waals surface area (Å²) in [4.78, 5) is 0. The lowest BCUT2D eigenvalue weighted by Gasteiger charge is -2.11. The molecule has 1 heterocycles. The van der Waals surface area contributed by atoms with Crippen molar-refractivity contribution in [1.29, 1.82) is 0 Å². The molecule has 1 atom stereocenters. The molecule has 0 aliphatic rings. The molecular weight excluding hydrogens is 214 g/mol. The van der Waals surface area contributed by atoms with E-state index < -0.39 is 0 Å². The summed E-state index contributed by atoms with van der Waals surface area (Å²) in [5.74, 6) is 0.980. The average molecular weight is 239 g/mol. The second-order valence-electron chi connectivity index (χ2n) is 4.36. The zero-order valence-corrected chi connectivity index (χ0v) is 11.1. The molecule has 1 aromatic heterocycles. The summed E-state index contributed by atoms with van der Waals surface area (Å²) in [6.45, 7) is 6.85. The lowest BCUT2D eigenvalue weighted by Crippen LogP contribution is -2.23. The minimum absolute atomic E-state index is 0.258. The lowest BCUT2D eigenvalue weighted by molar-refractivity contribution is 0.129. The van der Waals surface area contributed by atoms with Crippen molar-refractivity contribution in [2.24, 2.45) is 0 Å². The van der Waals surface area contributed by atoms with E-state index in [-0.39, 0.29) is 6.04 Å². The van der Waals surface area contributed by atoms with Crippen LogP contribution in [0.15, 0.2) is 22.8 Å². The maximum atomic E-state index is 5.55. The van der Waals surface area contributed by atoms with Gasteiger partial charge in [0.15, 0.2) is 0 Å². The normalized spacial score (nSPS) is 12.8. The second kappa shape index (κ2) is 9.25. The Labute approximate surface area is 105 Å². The molecule has 0 amide bonds. The Morgan fingerprint density at radius 3 is 2.88 bits per heavy atom. The standard InChI is InChI=1S/C14H25NO2/c1-3-4-5-6-10-16-12-9-15-13(2)14-8-7-11-17-14/h7-8,11,13,15H,3-6,9-10,12H2,1-2H3. The first kappa shape index (κ1) is 14.3. The maximum Gasteiger partial charge on any atom is 0.120 e. The number of hydrogen-bond donors (Lipinski definition) is 1. The second-order valence-corrected chi connectivity index (χ2v) is 4.36. The first-order chi connectivity index (χ1) is 8.34. The third-order valence-electron chi connectivity index (χ3n) is 2.81. The van der Waals surface area contributed by atoms with Crippen molar-refractivity contribution in [2.45, 2.75) is 45.6 Å². The fourth-order valence-corrected chi connectivity index (χ4v) is 1.72. The molecule has 3 nitrogen and oxygen atoms in total. The van der Waals surface area contributed by atoms with Gasteiger partial charge in [0.2, 0.25) is 0 Å². The topological polar surface area (TPSA) is 34.4 Å². The first-order valence-corrected chi connectivity index (χ1v) is 6.69. The van der Waals surface area contributed by atoms with E-state index >= 15 is 0 Å². The van der Waals surface area contributed by atoms with Gasteiger partial charge in [0, 0.05) is 13.2 Å². The van der Waals surface area contributed by atoms with Crippen molar-refractivity contribution >= 4 is 0 Å². The Morgan fingerprint density at radius 2 is 2.18 bits per heavy atom. The molecule has 98 valence electrons. The number of nitrogens with one attached hydrogen (secondary N) is 1. The van der Waals surface area contributed by atoms with E-state index in [1.807, 2.05) is 12.1 Å². The van der Waals surface area contributed by atoms with Gasteiger partial charge in [0.25, 0.3) is 0 Å². The summed E-state index contributed by atoms with van der Waals surface area (Å²) in [6.07, 6.45) is 6.77. The fourth-order valence-electron chi connectivity index (χ4n) is 1.72. The van der Waals surface area contributed by atoms with E-state index in [0.29, 0.717) is 0 Å². The van der Waals surface area contributed by atoms with Gasteiger partial charge in [-0.25, -0.2) is 0 Å². The third kappa shape index (κ3) is 6.49. The van der Waals surface area contributed by atoms with Crippen LogP contribution in [0.1, 0.15) is 51.3 Å². The molecule has 0 aromatic carbocycles. The molecule has 0 radical (unpaired) electrons. The molecule has 17 heavy (non-hydrogen) atoms. The van der Waals surface area contributed by atoms with Gasteiger partial charge in [-0.05, 0) is 25.5 Å². The molecule has 0 aliphatic carbocycles. The highest BCUT2D eigenvalue weighted by Crippen LogP contribution is 2.11. The molecule has 1 N–H and O–H groups in total. The predicted molar refractivity (Wildman–Crippen MR) is 70.1 cm³/mol. The minimum Gasteiger partial charge on any atom is -0.468 e. The molecule has 1 unspecified atom stereocenters. The minimum atomic E-state index is 0.258.